The number of aromatic nitrogens is 3. The Hall–Kier alpha value is -2.93. The largest absolute Gasteiger partial charge is 0.495 e. The van der Waals surface area contributed by atoms with Crippen molar-refractivity contribution in [2.75, 3.05) is 64.0 Å². The van der Waals surface area contributed by atoms with E-state index in [1.165, 1.54) is 20.3 Å². The van der Waals surface area contributed by atoms with E-state index in [0.29, 0.717) is 63.3 Å². The number of rotatable bonds is 9. The number of anilines is 2. The van der Waals surface area contributed by atoms with Crippen LogP contribution in [0.1, 0.15) is 6.42 Å². The number of halogens is 2. The number of hydrogen-bond acceptors (Lipinski definition) is 11. The molecule has 0 radical (unpaired) electrons. The van der Waals surface area contributed by atoms with Crippen molar-refractivity contribution in [1.29, 1.82) is 0 Å². The first-order chi connectivity index (χ1) is 19.8. The van der Waals surface area contributed by atoms with E-state index in [1.807, 2.05) is 6.07 Å². The third-order valence-corrected chi connectivity index (χ3v) is 8.67. The third-order valence-electron chi connectivity index (χ3n) is 7.92. The van der Waals surface area contributed by atoms with E-state index in [0.717, 1.165) is 38.1 Å². The van der Waals surface area contributed by atoms with Gasteiger partial charge in [0.1, 0.15) is 23.2 Å². The fraction of sp³-hybridized carbons (Fsp3) is 0.464. The minimum Gasteiger partial charge on any atom is -0.495 e. The van der Waals surface area contributed by atoms with Crippen molar-refractivity contribution in [2.45, 2.75) is 24.7 Å². The topological polar surface area (TPSA) is 123 Å². The highest BCUT2D eigenvalue weighted by molar-refractivity contribution is 6.41. The van der Waals surface area contributed by atoms with Crippen LogP contribution in [0, 0.1) is 5.41 Å². The van der Waals surface area contributed by atoms with Gasteiger partial charge in [-0.3, -0.25) is 5.32 Å². The molecule has 0 aliphatic carbocycles. The molecular formula is C28H32Cl2N6O5. The summed E-state index contributed by atoms with van der Waals surface area (Å²) in [6.07, 6.45) is 3.36. The monoisotopic (exact) mass is 602 g/mol. The van der Waals surface area contributed by atoms with Gasteiger partial charge in [-0.25, -0.2) is 15.0 Å². The Morgan fingerprint density at radius 3 is 2.51 bits per heavy atom. The zero-order valence-corrected chi connectivity index (χ0v) is 24.3. The summed E-state index contributed by atoms with van der Waals surface area (Å²) in [7, 11) is 3.08. The number of nitrogens with one attached hydrogen (secondary N) is 2. The molecule has 3 aliphatic rings. The lowest BCUT2D eigenvalue weighted by atomic mass is 9.79. The molecule has 3 fully saturated rings. The van der Waals surface area contributed by atoms with Crippen LogP contribution < -0.4 is 25.0 Å². The molecule has 5 heterocycles. The van der Waals surface area contributed by atoms with Gasteiger partial charge in [0.05, 0.1) is 61.9 Å². The second kappa shape index (κ2) is 11.4. The van der Waals surface area contributed by atoms with Gasteiger partial charge in [-0.05, 0) is 18.6 Å². The van der Waals surface area contributed by atoms with Crippen molar-refractivity contribution in [3.05, 3.63) is 41.0 Å². The summed E-state index contributed by atoms with van der Waals surface area (Å²) in [5.74, 6) is 1.99. The summed E-state index contributed by atoms with van der Waals surface area (Å²) < 4.78 is 22.3. The predicted molar refractivity (Wildman–Crippen MR) is 157 cm³/mol. The summed E-state index contributed by atoms with van der Waals surface area (Å²) in [5.41, 5.74) is 1.88. The molecule has 3 aliphatic heterocycles. The molecule has 11 nitrogen and oxygen atoms in total. The molecular weight excluding hydrogens is 571 g/mol. The Morgan fingerprint density at radius 1 is 1.12 bits per heavy atom. The zero-order valence-electron chi connectivity index (χ0n) is 22.8. The summed E-state index contributed by atoms with van der Waals surface area (Å²) in [5, 5.41) is 17.9. The first-order valence-corrected chi connectivity index (χ1v) is 14.1. The number of benzene rings is 1. The van der Waals surface area contributed by atoms with E-state index in [9.17, 15) is 5.11 Å². The third kappa shape index (κ3) is 5.26. The van der Waals surface area contributed by atoms with E-state index < -0.39 is 6.23 Å². The van der Waals surface area contributed by atoms with Crippen LogP contribution in [0.5, 0.6) is 11.5 Å². The van der Waals surface area contributed by atoms with Gasteiger partial charge in [0.25, 0.3) is 0 Å². The Kier molecular flexibility index (Phi) is 7.84. The average molecular weight is 604 g/mol. The van der Waals surface area contributed by atoms with E-state index >= 15 is 0 Å². The summed E-state index contributed by atoms with van der Waals surface area (Å²) in [4.78, 5) is 16.8. The lowest BCUT2D eigenvalue weighted by Crippen LogP contribution is -2.57. The van der Waals surface area contributed by atoms with E-state index in [1.54, 1.807) is 12.3 Å². The molecule has 41 heavy (non-hydrogen) atoms. The minimum atomic E-state index is -0.843. The number of aliphatic hydroxyl groups excluding tert-OH is 1. The summed E-state index contributed by atoms with van der Waals surface area (Å²) in [6, 6.07) is 3.22. The molecule has 1 unspecified atom stereocenters. The Labute approximate surface area is 247 Å². The molecule has 0 amide bonds. The molecule has 3 aromatic rings. The maximum absolute atomic E-state index is 9.99. The lowest BCUT2D eigenvalue weighted by Gasteiger charge is -2.48. The number of ether oxygens (including phenoxy) is 4. The highest BCUT2D eigenvalue weighted by atomic mass is 35.5. The van der Waals surface area contributed by atoms with Gasteiger partial charge in [0.2, 0.25) is 5.95 Å². The first-order valence-electron chi connectivity index (χ1n) is 13.4. The molecule has 3 saturated heterocycles. The second-order valence-corrected chi connectivity index (χ2v) is 11.4. The van der Waals surface area contributed by atoms with Gasteiger partial charge in [0.15, 0.2) is 5.82 Å². The highest BCUT2D eigenvalue weighted by Gasteiger charge is 2.47. The molecule has 1 spiro atoms. The molecule has 0 bridgehead atoms. The zero-order chi connectivity index (χ0) is 28.7. The van der Waals surface area contributed by atoms with Crippen molar-refractivity contribution in [3.8, 4) is 22.8 Å². The van der Waals surface area contributed by atoms with Crippen LogP contribution in [0.25, 0.3) is 22.2 Å². The average Bonchev–Trinajstić information content (AvgIpc) is 3.62. The van der Waals surface area contributed by atoms with Crippen LogP contribution >= 0.6 is 23.2 Å². The van der Waals surface area contributed by atoms with Crippen molar-refractivity contribution in [3.63, 3.8) is 0 Å². The van der Waals surface area contributed by atoms with Crippen LogP contribution in [0.4, 0.5) is 11.8 Å². The molecule has 0 saturated carbocycles. The van der Waals surface area contributed by atoms with Crippen molar-refractivity contribution >= 4 is 45.9 Å². The molecule has 6 rings (SSSR count). The van der Waals surface area contributed by atoms with Crippen LogP contribution in [0.3, 0.4) is 0 Å². The van der Waals surface area contributed by atoms with Crippen molar-refractivity contribution in [1.82, 2.24) is 20.3 Å². The number of methoxy groups -OCH3 is 2. The highest BCUT2D eigenvalue weighted by Crippen LogP contribution is 2.48. The lowest BCUT2D eigenvalue weighted by molar-refractivity contribution is 0.131. The molecule has 1 aromatic carbocycles. The van der Waals surface area contributed by atoms with Gasteiger partial charge in [-0.15, -0.1) is 0 Å². The van der Waals surface area contributed by atoms with Gasteiger partial charge in [-0.2, -0.15) is 0 Å². The van der Waals surface area contributed by atoms with Crippen LogP contribution in [-0.4, -0.2) is 92.1 Å². The minimum absolute atomic E-state index is 0.124. The van der Waals surface area contributed by atoms with Crippen molar-refractivity contribution < 1.29 is 24.1 Å². The number of pyridine rings is 1. The maximum Gasteiger partial charge on any atom is 0.223 e. The fourth-order valence-electron chi connectivity index (χ4n) is 5.68. The van der Waals surface area contributed by atoms with E-state index in [4.69, 9.17) is 52.1 Å². The maximum atomic E-state index is 9.99. The van der Waals surface area contributed by atoms with Crippen LogP contribution in [0.15, 0.2) is 31.0 Å². The number of nitrogens with zero attached hydrogens (tertiary/aromatic N) is 4. The number of fused-ring (bicyclic) bond motifs is 1. The second-order valence-electron chi connectivity index (χ2n) is 10.6. The molecule has 2 aromatic heterocycles. The van der Waals surface area contributed by atoms with Crippen LogP contribution in [0.2, 0.25) is 10.0 Å². The van der Waals surface area contributed by atoms with Crippen molar-refractivity contribution in [2.24, 2.45) is 5.41 Å². The van der Waals surface area contributed by atoms with Crippen LogP contribution in [-0.2, 0) is 9.47 Å². The van der Waals surface area contributed by atoms with Gasteiger partial charge in [-0.1, -0.05) is 29.8 Å². The van der Waals surface area contributed by atoms with Gasteiger partial charge < -0.3 is 34.3 Å². The SMILES string of the molecule is C=CC(O)N[C@H]1COC[C@H]1Nc1ncc2cc(-c3c(Cl)c(OC)cc(OC)c3Cl)nc(N3CC4(CCOC4)C3)c2n1. The summed E-state index contributed by atoms with van der Waals surface area (Å²) >= 11 is 13.5. The standard InChI is InChI=1S/C28H32Cl2N6O5/c1-4-21(37)32-17-10-41-11-18(17)34-27-31-9-15-7-16(22-23(29)19(38-2)8-20(39-3)24(22)30)33-26(25(15)35-27)36-12-28(13-36)5-6-40-14-28/h4,7-9,17-18,21,32,37H,1,5-6,10-14H2,2-3H3,(H,31,34,35)/t17-,18+,21?/m0/s1. The van der Waals surface area contributed by atoms with E-state index in [2.05, 4.69) is 27.1 Å². The number of hydrogen-bond donors (Lipinski definition) is 3. The fourth-order valence-corrected chi connectivity index (χ4v) is 6.37. The van der Waals surface area contributed by atoms with Gasteiger partial charge >= 0.3 is 0 Å². The normalized spacial score (nSPS) is 22.1. The molecule has 3 atom stereocenters. The Balaban J connectivity index is 1.41. The predicted octanol–water partition coefficient (Wildman–Crippen LogP) is 3.52. The Bertz CT molecular complexity index is 1430. The number of aliphatic hydroxyl groups is 1. The quantitative estimate of drug-likeness (QED) is 0.246. The van der Waals surface area contributed by atoms with E-state index in [-0.39, 0.29) is 17.5 Å². The first kappa shape index (κ1) is 28.2. The molecule has 218 valence electrons. The summed E-state index contributed by atoms with van der Waals surface area (Å²) in [6.45, 7) is 7.61. The Morgan fingerprint density at radius 2 is 1.85 bits per heavy atom. The molecule has 3 N–H and O–H groups in total. The van der Waals surface area contributed by atoms with Gasteiger partial charge in [0, 0.05) is 48.3 Å². The molecule has 13 heteroatoms. The smallest absolute Gasteiger partial charge is 0.223 e.